The minimum absolute atomic E-state index is 0.0215. The summed E-state index contributed by atoms with van der Waals surface area (Å²) in [6, 6.07) is 9.68. The number of aromatic nitrogens is 3. The van der Waals surface area contributed by atoms with Crippen LogP contribution in [-0.4, -0.2) is 21.0 Å². The largest absolute Gasteiger partial charge is 0.345 e. The zero-order chi connectivity index (χ0) is 17.2. The molecule has 6 heteroatoms. The van der Waals surface area contributed by atoms with Gasteiger partial charge in [0, 0.05) is 24.4 Å². The third-order valence-electron chi connectivity index (χ3n) is 4.48. The molecule has 0 aliphatic heterocycles. The summed E-state index contributed by atoms with van der Waals surface area (Å²) in [4.78, 5) is 20.7. The first-order valence-electron chi connectivity index (χ1n) is 8.41. The first kappa shape index (κ1) is 15.5. The van der Waals surface area contributed by atoms with E-state index in [1.54, 1.807) is 24.5 Å². The smallest absolute Gasteiger partial charge is 0.253 e. The lowest BCUT2D eigenvalue weighted by molar-refractivity contribution is 0.0936. The van der Waals surface area contributed by atoms with E-state index in [1.165, 1.54) is 5.56 Å². The average molecular weight is 334 g/mol. The molecule has 126 valence electrons. The molecule has 0 bridgehead atoms. The Morgan fingerprint density at radius 1 is 1.36 bits per heavy atom. The maximum atomic E-state index is 12.4. The fourth-order valence-corrected chi connectivity index (χ4v) is 3.16. The second-order valence-electron chi connectivity index (χ2n) is 6.09. The summed E-state index contributed by atoms with van der Waals surface area (Å²) in [7, 11) is 0. The van der Waals surface area contributed by atoms with Gasteiger partial charge in [-0.25, -0.2) is 0 Å². The summed E-state index contributed by atoms with van der Waals surface area (Å²) >= 11 is 0. The Labute approximate surface area is 145 Å². The van der Waals surface area contributed by atoms with Crippen LogP contribution in [0.2, 0.25) is 0 Å². The highest BCUT2D eigenvalue weighted by molar-refractivity contribution is 5.94. The summed E-state index contributed by atoms with van der Waals surface area (Å²) in [5.74, 6) is 1.15. The first-order chi connectivity index (χ1) is 12.2. The number of hydrogen-bond acceptors (Lipinski definition) is 5. The van der Waals surface area contributed by atoms with Crippen molar-refractivity contribution in [3.05, 3.63) is 65.3 Å². The van der Waals surface area contributed by atoms with Gasteiger partial charge < -0.3 is 9.84 Å². The first-order valence-corrected chi connectivity index (χ1v) is 8.41. The molecule has 1 amide bonds. The van der Waals surface area contributed by atoms with Crippen molar-refractivity contribution >= 4 is 5.91 Å². The molecule has 6 nitrogen and oxygen atoms in total. The predicted octanol–water partition coefficient (Wildman–Crippen LogP) is 3.11. The Bertz CT molecular complexity index is 905. The number of amides is 1. The normalized spacial score (nSPS) is 15.8. The molecular formula is C19H18N4O2. The van der Waals surface area contributed by atoms with Gasteiger partial charge in [-0.2, -0.15) is 4.98 Å². The quantitative estimate of drug-likeness (QED) is 0.793. The Hall–Kier alpha value is -3.02. The van der Waals surface area contributed by atoms with E-state index in [-0.39, 0.29) is 11.9 Å². The molecule has 0 fully saturated rings. The van der Waals surface area contributed by atoms with Crippen molar-refractivity contribution < 1.29 is 9.32 Å². The second-order valence-corrected chi connectivity index (χ2v) is 6.09. The molecule has 2 aromatic heterocycles. The molecule has 1 N–H and O–H groups in total. The number of nitrogens with zero attached hydrogens (tertiary/aromatic N) is 3. The molecule has 4 rings (SSSR count). The van der Waals surface area contributed by atoms with Gasteiger partial charge in [0.2, 0.25) is 11.7 Å². The minimum Gasteiger partial charge on any atom is -0.345 e. The maximum Gasteiger partial charge on any atom is 0.253 e. The van der Waals surface area contributed by atoms with E-state index in [2.05, 4.69) is 26.5 Å². The number of pyridine rings is 1. The summed E-state index contributed by atoms with van der Waals surface area (Å²) in [6.45, 7) is 1.98. The van der Waals surface area contributed by atoms with Crippen LogP contribution in [0.5, 0.6) is 0 Å². The van der Waals surface area contributed by atoms with Gasteiger partial charge >= 0.3 is 0 Å². The van der Waals surface area contributed by atoms with Gasteiger partial charge in [0.1, 0.15) is 0 Å². The van der Waals surface area contributed by atoms with Crippen molar-refractivity contribution in [1.29, 1.82) is 0 Å². The van der Waals surface area contributed by atoms with E-state index in [0.29, 0.717) is 17.3 Å². The average Bonchev–Trinajstić information content (AvgIpc) is 3.29. The lowest BCUT2D eigenvalue weighted by Crippen LogP contribution is -2.27. The van der Waals surface area contributed by atoms with Gasteiger partial charge in [0.25, 0.3) is 5.91 Å². The molecule has 0 spiro atoms. The Morgan fingerprint density at radius 2 is 2.28 bits per heavy atom. The van der Waals surface area contributed by atoms with Crippen LogP contribution in [-0.2, 0) is 12.8 Å². The van der Waals surface area contributed by atoms with Crippen LogP contribution in [0, 0.1) is 0 Å². The zero-order valence-electron chi connectivity index (χ0n) is 13.9. The van der Waals surface area contributed by atoms with Crippen LogP contribution in [0.4, 0.5) is 0 Å². The van der Waals surface area contributed by atoms with Crippen molar-refractivity contribution in [2.45, 2.75) is 32.2 Å². The zero-order valence-corrected chi connectivity index (χ0v) is 13.9. The molecule has 1 unspecified atom stereocenters. The molecule has 3 aromatic rings. The van der Waals surface area contributed by atoms with Crippen molar-refractivity contribution in [2.24, 2.45) is 0 Å². The number of rotatable bonds is 4. The molecular weight excluding hydrogens is 316 g/mol. The predicted molar refractivity (Wildman–Crippen MR) is 91.9 cm³/mol. The number of fused-ring (bicyclic) bond motifs is 1. The Kier molecular flexibility index (Phi) is 4.01. The molecule has 1 aliphatic rings. The number of aryl methyl sites for hydroxylation is 2. The molecule has 25 heavy (non-hydrogen) atoms. The summed E-state index contributed by atoms with van der Waals surface area (Å²) in [5, 5.41) is 7.12. The molecule has 1 aliphatic carbocycles. The third-order valence-corrected chi connectivity index (χ3v) is 4.48. The van der Waals surface area contributed by atoms with Gasteiger partial charge in [-0.3, -0.25) is 9.78 Å². The topological polar surface area (TPSA) is 80.9 Å². The molecule has 2 heterocycles. The summed E-state index contributed by atoms with van der Waals surface area (Å²) < 4.78 is 5.19. The van der Waals surface area contributed by atoms with E-state index >= 15 is 0 Å². The number of carbonyl (C=O) groups excluding carboxylic acids is 1. The van der Waals surface area contributed by atoms with Crippen LogP contribution < -0.4 is 5.32 Å². The van der Waals surface area contributed by atoms with E-state index in [0.717, 1.165) is 30.4 Å². The van der Waals surface area contributed by atoms with Gasteiger partial charge in [-0.1, -0.05) is 24.2 Å². The van der Waals surface area contributed by atoms with Gasteiger partial charge in [0.05, 0.1) is 11.6 Å². The Morgan fingerprint density at radius 3 is 3.04 bits per heavy atom. The highest BCUT2D eigenvalue weighted by Gasteiger charge is 2.25. The highest BCUT2D eigenvalue weighted by Crippen LogP contribution is 2.33. The highest BCUT2D eigenvalue weighted by atomic mass is 16.5. The molecule has 1 aromatic carbocycles. The van der Waals surface area contributed by atoms with Crippen molar-refractivity contribution in [3.63, 3.8) is 0 Å². The fourth-order valence-electron chi connectivity index (χ4n) is 3.16. The monoisotopic (exact) mass is 334 g/mol. The van der Waals surface area contributed by atoms with Gasteiger partial charge in [-0.05, 0) is 42.2 Å². The second kappa shape index (κ2) is 6.47. The van der Waals surface area contributed by atoms with Crippen molar-refractivity contribution in [1.82, 2.24) is 20.4 Å². The van der Waals surface area contributed by atoms with E-state index < -0.39 is 0 Å². The van der Waals surface area contributed by atoms with E-state index in [9.17, 15) is 4.79 Å². The maximum absolute atomic E-state index is 12.4. The summed E-state index contributed by atoms with van der Waals surface area (Å²) in [5.41, 5.74) is 3.89. The lowest BCUT2D eigenvalue weighted by Gasteiger charge is -2.14. The van der Waals surface area contributed by atoms with Crippen LogP contribution in [0.3, 0.4) is 0 Å². The lowest BCUT2D eigenvalue weighted by atomic mass is 10.0. The van der Waals surface area contributed by atoms with Crippen LogP contribution in [0.25, 0.3) is 11.4 Å². The third kappa shape index (κ3) is 3.03. The van der Waals surface area contributed by atoms with Crippen LogP contribution >= 0.6 is 0 Å². The van der Waals surface area contributed by atoms with Crippen molar-refractivity contribution in [3.8, 4) is 11.4 Å². The number of hydrogen-bond donors (Lipinski definition) is 1. The molecule has 0 radical (unpaired) electrons. The number of nitrogens with one attached hydrogen (secondary N) is 1. The van der Waals surface area contributed by atoms with Crippen LogP contribution in [0.1, 0.15) is 46.8 Å². The van der Waals surface area contributed by atoms with E-state index in [4.69, 9.17) is 4.52 Å². The molecule has 0 saturated carbocycles. The SMILES string of the molecule is CCc1nc(-c2ccc3c(c2)CCC3NC(=O)c2cccnc2)no1. The molecule has 1 atom stereocenters. The van der Waals surface area contributed by atoms with Gasteiger partial charge in [-0.15, -0.1) is 0 Å². The summed E-state index contributed by atoms with van der Waals surface area (Å²) in [6.07, 6.45) is 5.76. The Balaban J connectivity index is 1.54. The van der Waals surface area contributed by atoms with Crippen LogP contribution in [0.15, 0.2) is 47.2 Å². The van der Waals surface area contributed by atoms with Gasteiger partial charge in [0.15, 0.2) is 0 Å². The number of benzene rings is 1. The fraction of sp³-hybridized carbons (Fsp3) is 0.263. The van der Waals surface area contributed by atoms with Crippen molar-refractivity contribution in [2.75, 3.05) is 0 Å². The standard InChI is InChI=1S/C19H18N4O2/c1-2-17-22-18(23-25-17)13-5-7-15-12(10-13)6-8-16(15)21-19(24)14-4-3-9-20-11-14/h3-5,7,9-11,16H,2,6,8H2,1H3,(H,21,24). The molecule has 0 saturated heterocycles. The van der Waals surface area contributed by atoms with E-state index in [1.807, 2.05) is 19.1 Å². The minimum atomic E-state index is -0.0965. The number of carbonyl (C=O) groups is 1.